The van der Waals surface area contributed by atoms with Crippen molar-refractivity contribution >= 4 is 11.9 Å². The van der Waals surface area contributed by atoms with E-state index in [0.717, 1.165) is 12.8 Å². The summed E-state index contributed by atoms with van der Waals surface area (Å²) in [6.45, 7) is 2.49. The molecule has 1 atom stereocenters. The van der Waals surface area contributed by atoms with Gasteiger partial charge in [-0.15, -0.1) is 0 Å². The van der Waals surface area contributed by atoms with Crippen LogP contribution in [0, 0.1) is 5.92 Å². The van der Waals surface area contributed by atoms with Gasteiger partial charge in [0.05, 0.1) is 0 Å². The second kappa shape index (κ2) is 5.93. The van der Waals surface area contributed by atoms with Crippen molar-refractivity contribution in [1.29, 1.82) is 0 Å². The molecule has 2 rings (SSSR count). The highest BCUT2D eigenvalue weighted by Crippen LogP contribution is 2.34. The van der Waals surface area contributed by atoms with Crippen LogP contribution in [-0.2, 0) is 9.59 Å². The second-order valence-electron chi connectivity index (χ2n) is 6.03. The fraction of sp³-hybridized carbons (Fsp3) is 0.867. The van der Waals surface area contributed by atoms with Crippen molar-refractivity contribution in [2.24, 2.45) is 5.92 Å². The lowest BCUT2D eigenvalue weighted by molar-refractivity contribution is -0.157. The van der Waals surface area contributed by atoms with Crippen LogP contribution < -0.4 is 0 Å². The van der Waals surface area contributed by atoms with E-state index in [1.807, 2.05) is 6.92 Å². The van der Waals surface area contributed by atoms with Crippen LogP contribution >= 0.6 is 0 Å². The van der Waals surface area contributed by atoms with Crippen LogP contribution in [0.3, 0.4) is 0 Å². The van der Waals surface area contributed by atoms with E-state index in [1.54, 1.807) is 4.90 Å². The summed E-state index contributed by atoms with van der Waals surface area (Å²) in [5, 5.41) is 9.47. The van der Waals surface area contributed by atoms with Gasteiger partial charge in [-0.25, -0.2) is 4.79 Å². The minimum absolute atomic E-state index is 0.0497. The van der Waals surface area contributed by atoms with E-state index in [4.69, 9.17) is 0 Å². The lowest BCUT2D eigenvalue weighted by atomic mass is 9.92. The van der Waals surface area contributed by atoms with E-state index in [-0.39, 0.29) is 5.91 Å². The van der Waals surface area contributed by atoms with Gasteiger partial charge in [0.2, 0.25) is 5.91 Å². The van der Waals surface area contributed by atoms with E-state index in [2.05, 4.69) is 0 Å². The Labute approximate surface area is 115 Å². The second-order valence-corrected chi connectivity index (χ2v) is 6.03. The fourth-order valence-electron chi connectivity index (χ4n) is 3.74. The molecule has 1 amide bonds. The smallest absolute Gasteiger partial charge is 0.329 e. The summed E-state index contributed by atoms with van der Waals surface area (Å²) in [4.78, 5) is 25.5. The minimum atomic E-state index is -0.924. The van der Waals surface area contributed by atoms with Gasteiger partial charge in [-0.05, 0) is 31.6 Å². The Morgan fingerprint density at radius 3 is 2.53 bits per heavy atom. The summed E-state index contributed by atoms with van der Waals surface area (Å²) < 4.78 is 0. The summed E-state index contributed by atoms with van der Waals surface area (Å²) in [6, 6.07) is 0. The van der Waals surface area contributed by atoms with Gasteiger partial charge in [-0.3, -0.25) is 4.79 Å². The first-order valence-corrected chi connectivity index (χ1v) is 7.64. The molecule has 19 heavy (non-hydrogen) atoms. The molecule has 2 fully saturated rings. The SMILES string of the molecule is CCC1(C(=O)O)CCCN1C(=O)CCC1CCCC1. The first kappa shape index (κ1) is 14.4. The average Bonchev–Trinajstić information content (AvgIpc) is 3.05. The Hall–Kier alpha value is -1.06. The van der Waals surface area contributed by atoms with Crippen LogP contribution in [0.5, 0.6) is 0 Å². The molecule has 1 unspecified atom stereocenters. The monoisotopic (exact) mass is 267 g/mol. The summed E-state index contributed by atoms with van der Waals surface area (Å²) in [6.07, 6.45) is 8.46. The Balaban J connectivity index is 1.95. The summed E-state index contributed by atoms with van der Waals surface area (Å²) in [5.74, 6) is -0.0947. The maximum Gasteiger partial charge on any atom is 0.329 e. The van der Waals surface area contributed by atoms with Crippen LogP contribution in [0.1, 0.15) is 64.7 Å². The Bertz CT molecular complexity index is 349. The summed E-state index contributed by atoms with van der Waals surface area (Å²) in [5.41, 5.74) is -0.924. The number of aliphatic carboxylic acids is 1. The number of carboxylic acid groups (broad SMARTS) is 1. The topological polar surface area (TPSA) is 57.6 Å². The first-order valence-electron chi connectivity index (χ1n) is 7.64. The van der Waals surface area contributed by atoms with Crippen molar-refractivity contribution < 1.29 is 14.7 Å². The fourth-order valence-corrected chi connectivity index (χ4v) is 3.74. The molecule has 0 aromatic heterocycles. The molecule has 0 radical (unpaired) electrons. The van der Waals surface area contributed by atoms with Gasteiger partial charge in [-0.2, -0.15) is 0 Å². The normalized spacial score (nSPS) is 27.9. The first-order chi connectivity index (χ1) is 9.10. The molecule has 0 aromatic carbocycles. The molecule has 4 heteroatoms. The minimum Gasteiger partial charge on any atom is -0.479 e. The molecule has 1 heterocycles. The number of carbonyl (C=O) groups is 2. The largest absolute Gasteiger partial charge is 0.479 e. The number of likely N-dealkylation sites (tertiary alicyclic amines) is 1. The van der Waals surface area contributed by atoms with Crippen molar-refractivity contribution in [2.75, 3.05) is 6.54 Å². The maximum absolute atomic E-state index is 12.3. The van der Waals surface area contributed by atoms with E-state index < -0.39 is 11.5 Å². The zero-order valence-corrected chi connectivity index (χ0v) is 11.9. The lowest BCUT2D eigenvalue weighted by Gasteiger charge is -2.34. The molecular weight excluding hydrogens is 242 g/mol. The number of carboxylic acids is 1. The van der Waals surface area contributed by atoms with Crippen molar-refractivity contribution in [2.45, 2.75) is 70.3 Å². The molecule has 0 aromatic rings. The van der Waals surface area contributed by atoms with Crippen molar-refractivity contribution in [3.05, 3.63) is 0 Å². The van der Waals surface area contributed by atoms with E-state index in [0.29, 0.717) is 31.7 Å². The Kier molecular flexibility index (Phi) is 4.48. The molecular formula is C15H25NO3. The standard InChI is InChI=1S/C15H25NO3/c1-2-15(14(18)19)10-5-11-16(15)13(17)9-8-12-6-3-4-7-12/h12H,2-11H2,1H3,(H,18,19). The zero-order valence-electron chi connectivity index (χ0n) is 11.9. The van der Waals surface area contributed by atoms with Crippen molar-refractivity contribution in [3.63, 3.8) is 0 Å². The van der Waals surface area contributed by atoms with Gasteiger partial charge in [-0.1, -0.05) is 32.6 Å². The number of nitrogens with zero attached hydrogens (tertiary/aromatic N) is 1. The van der Waals surface area contributed by atoms with Crippen LogP contribution in [0.15, 0.2) is 0 Å². The molecule has 1 saturated heterocycles. The molecule has 0 spiro atoms. The van der Waals surface area contributed by atoms with Gasteiger partial charge in [0.15, 0.2) is 0 Å². The van der Waals surface area contributed by atoms with E-state index in [1.165, 1.54) is 25.7 Å². The highest BCUT2D eigenvalue weighted by Gasteiger charge is 2.48. The molecule has 1 saturated carbocycles. The quantitative estimate of drug-likeness (QED) is 0.833. The zero-order chi connectivity index (χ0) is 13.9. The molecule has 4 nitrogen and oxygen atoms in total. The van der Waals surface area contributed by atoms with Crippen LogP contribution in [0.4, 0.5) is 0 Å². The van der Waals surface area contributed by atoms with Crippen LogP contribution in [0.2, 0.25) is 0 Å². The molecule has 108 valence electrons. The van der Waals surface area contributed by atoms with Crippen molar-refractivity contribution in [1.82, 2.24) is 4.90 Å². The summed E-state index contributed by atoms with van der Waals surface area (Å²) in [7, 11) is 0. The molecule has 1 N–H and O–H groups in total. The number of rotatable bonds is 5. The van der Waals surface area contributed by atoms with Crippen molar-refractivity contribution in [3.8, 4) is 0 Å². The highest BCUT2D eigenvalue weighted by atomic mass is 16.4. The van der Waals surface area contributed by atoms with Crippen LogP contribution in [0.25, 0.3) is 0 Å². The number of amides is 1. The van der Waals surface area contributed by atoms with Gasteiger partial charge < -0.3 is 10.0 Å². The third-order valence-electron chi connectivity index (χ3n) is 5.01. The molecule has 2 aliphatic rings. The average molecular weight is 267 g/mol. The predicted octanol–water partition coefficient (Wildman–Crippen LogP) is 2.81. The maximum atomic E-state index is 12.3. The number of hydrogen-bond acceptors (Lipinski definition) is 2. The Morgan fingerprint density at radius 2 is 1.95 bits per heavy atom. The third kappa shape index (κ3) is 2.77. The van der Waals surface area contributed by atoms with E-state index in [9.17, 15) is 14.7 Å². The molecule has 1 aliphatic heterocycles. The van der Waals surface area contributed by atoms with Gasteiger partial charge >= 0.3 is 5.97 Å². The predicted molar refractivity (Wildman–Crippen MR) is 72.8 cm³/mol. The van der Waals surface area contributed by atoms with Gasteiger partial charge in [0.1, 0.15) is 5.54 Å². The van der Waals surface area contributed by atoms with Crippen LogP contribution in [-0.4, -0.2) is 34.0 Å². The molecule has 1 aliphatic carbocycles. The summed E-state index contributed by atoms with van der Waals surface area (Å²) >= 11 is 0. The number of carbonyl (C=O) groups excluding carboxylic acids is 1. The van der Waals surface area contributed by atoms with Gasteiger partial charge in [0.25, 0.3) is 0 Å². The Morgan fingerprint density at radius 1 is 1.26 bits per heavy atom. The highest BCUT2D eigenvalue weighted by molar-refractivity contribution is 5.87. The lowest BCUT2D eigenvalue weighted by Crippen LogP contribution is -2.52. The molecule has 0 bridgehead atoms. The third-order valence-corrected chi connectivity index (χ3v) is 5.01. The van der Waals surface area contributed by atoms with E-state index >= 15 is 0 Å². The number of hydrogen-bond donors (Lipinski definition) is 1. The van der Waals surface area contributed by atoms with Gasteiger partial charge in [0, 0.05) is 13.0 Å².